The Hall–Kier alpha value is -1.32. The van der Waals surface area contributed by atoms with Gasteiger partial charge in [-0.15, -0.1) is 0 Å². The molecule has 3 heteroatoms. The van der Waals surface area contributed by atoms with Crippen LogP contribution in [0.25, 0.3) is 0 Å². The molecule has 0 fully saturated rings. The van der Waals surface area contributed by atoms with Crippen molar-refractivity contribution in [2.75, 3.05) is 0 Å². The molecule has 72 valence electrons. The first-order valence-corrected chi connectivity index (χ1v) is 4.11. The van der Waals surface area contributed by atoms with Crippen LogP contribution in [0.2, 0.25) is 0 Å². The third kappa shape index (κ3) is 7.05. The summed E-state index contributed by atoms with van der Waals surface area (Å²) in [4.78, 5) is 0. The summed E-state index contributed by atoms with van der Waals surface area (Å²) >= 11 is 0. The minimum Gasteiger partial charge on any atom is -0.389 e. The first-order chi connectivity index (χ1) is 6.20. The number of rotatable bonds is 4. The molecular weight excluding hydrogens is 166 g/mol. The second kappa shape index (κ2) is 7.34. The fourth-order valence-electron chi connectivity index (χ4n) is 0.589. The van der Waals surface area contributed by atoms with Crippen LogP contribution in [-0.4, -0.2) is 12.5 Å². The number of nitrogens with one attached hydrogen (secondary N) is 1. The van der Waals surface area contributed by atoms with Crippen molar-refractivity contribution < 1.29 is 9.47 Å². The van der Waals surface area contributed by atoms with Gasteiger partial charge >= 0.3 is 6.41 Å². The third-order valence-corrected chi connectivity index (χ3v) is 1.01. The van der Waals surface area contributed by atoms with Crippen molar-refractivity contribution in [2.24, 2.45) is 0 Å². The SMILES string of the molecule is CC#COC(NC(C)C)OC#CC. The first kappa shape index (κ1) is 11.7. The summed E-state index contributed by atoms with van der Waals surface area (Å²) in [5.41, 5.74) is 0. The maximum absolute atomic E-state index is 5.01. The highest BCUT2D eigenvalue weighted by atomic mass is 16.7. The van der Waals surface area contributed by atoms with E-state index in [9.17, 15) is 0 Å². The van der Waals surface area contributed by atoms with Crippen molar-refractivity contribution in [2.45, 2.75) is 40.2 Å². The van der Waals surface area contributed by atoms with Crippen LogP contribution in [0, 0.1) is 24.1 Å². The summed E-state index contributed by atoms with van der Waals surface area (Å²) in [5, 5.41) is 3.00. The van der Waals surface area contributed by atoms with Crippen molar-refractivity contribution in [3.05, 3.63) is 0 Å². The van der Waals surface area contributed by atoms with Gasteiger partial charge in [0.25, 0.3) is 0 Å². The Balaban J connectivity index is 3.96. The van der Waals surface area contributed by atoms with Crippen LogP contribution in [0.4, 0.5) is 0 Å². The molecule has 0 amide bonds. The highest BCUT2D eigenvalue weighted by Gasteiger charge is 2.08. The molecule has 0 aromatic rings. The molecule has 0 atom stereocenters. The van der Waals surface area contributed by atoms with E-state index in [1.807, 2.05) is 13.8 Å². The summed E-state index contributed by atoms with van der Waals surface area (Å²) in [7, 11) is 0. The Morgan fingerprint density at radius 1 is 1.00 bits per heavy atom. The standard InChI is InChI=1S/C10H15NO2/c1-5-7-12-10(11-9(3)4)13-8-6-2/h9-11H,1-4H3. The topological polar surface area (TPSA) is 30.5 Å². The monoisotopic (exact) mass is 181 g/mol. The van der Waals surface area contributed by atoms with Gasteiger partial charge in [0.15, 0.2) is 0 Å². The largest absolute Gasteiger partial charge is 0.389 e. The predicted octanol–water partition coefficient (Wildman–Crippen LogP) is 1.26. The van der Waals surface area contributed by atoms with Crippen LogP contribution in [-0.2, 0) is 9.47 Å². The van der Waals surface area contributed by atoms with E-state index in [-0.39, 0.29) is 6.04 Å². The molecule has 0 aliphatic rings. The summed E-state index contributed by atoms with van der Waals surface area (Å²) in [6.07, 6.45) is 4.33. The predicted molar refractivity (Wildman–Crippen MR) is 51.1 cm³/mol. The number of ether oxygens (including phenoxy) is 2. The van der Waals surface area contributed by atoms with Gasteiger partial charge < -0.3 is 9.47 Å². The molecule has 0 radical (unpaired) electrons. The van der Waals surface area contributed by atoms with Crippen molar-refractivity contribution in [1.29, 1.82) is 0 Å². The molecule has 0 aromatic carbocycles. The normalized spacial score (nSPS) is 8.46. The fraction of sp³-hybridized carbons (Fsp3) is 0.600. The molecule has 13 heavy (non-hydrogen) atoms. The fourth-order valence-corrected chi connectivity index (χ4v) is 0.589. The van der Waals surface area contributed by atoms with Crippen LogP contribution < -0.4 is 5.32 Å². The summed E-state index contributed by atoms with van der Waals surface area (Å²) in [6, 6.07) is 0.252. The van der Waals surface area contributed by atoms with Crippen molar-refractivity contribution in [1.82, 2.24) is 5.32 Å². The Morgan fingerprint density at radius 3 is 1.77 bits per heavy atom. The van der Waals surface area contributed by atoms with Crippen LogP contribution in [0.1, 0.15) is 27.7 Å². The van der Waals surface area contributed by atoms with Gasteiger partial charge in [0.05, 0.1) is 0 Å². The molecule has 1 N–H and O–H groups in total. The molecule has 0 saturated carbocycles. The van der Waals surface area contributed by atoms with Crippen molar-refractivity contribution in [3.8, 4) is 24.1 Å². The van der Waals surface area contributed by atoms with E-state index in [1.165, 1.54) is 0 Å². The van der Waals surface area contributed by atoms with Gasteiger partial charge in [0.1, 0.15) is 12.2 Å². The van der Waals surface area contributed by atoms with E-state index in [2.05, 4.69) is 29.4 Å². The Kier molecular flexibility index (Phi) is 6.59. The van der Waals surface area contributed by atoms with Gasteiger partial charge in [-0.25, -0.2) is 5.32 Å². The smallest absolute Gasteiger partial charge is 0.321 e. The molecule has 0 aromatic heterocycles. The molecule has 0 unspecified atom stereocenters. The average Bonchev–Trinajstić information content (AvgIpc) is 2.09. The lowest BCUT2D eigenvalue weighted by molar-refractivity contribution is -0.0694. The van der Waals surface area contributed by atoms with E-state index < -0.39 is 6.41 Å². The summed E-state index contributed by atoms with van der Waals surface area (Å²) in [5.74, 6) is 5.21. The molecule has 0 aliphatic carbocycles. The second-order valence-corrected chi connectivity index (χ2v) is 2.59. The van der Waals surface area contributed by atoms with Crippen molar-refractivity contribution in [3.63, 3.8) is 0 Å². The lowest BCUT2D eigenvalue weighted by Crippen LogP contribution is -2.37. The maximum Gasteiger partial charge on any atom is 0.321 e. The third-order valence-electron chi connectivity index (χ3n) is 1.01. The lowest BCUT2D eigenvalue weighted by atomic mass is 10.4. The Bertz CT molecular complexity index is 217. The average molecular weight is 181 g/mol. The number of hydrogen-bond donors (Lipinski definition) is 1. The molecule has 0 aliphatic heterocycles. The van der Waals surface area contributed by atoms with E-state index in [0.29, 0.717) is 0 Å². The zero-order valence-electron chi connectivity index (χ0n) is 8.47. The van der Waals surface area contributed by atoms with E-state index in [4.69, 9.17) is 9.47 Å². The maximum atomic E-state index is 5.01. The molecule has 0 rings (SSSR count). The zero-order valence-corrected chi connectivity index (χ0v) is 8.47. The van der Waals surface area contributed by atoms with Gasteiger partial charge in [-0.2, -0.15) is 0 Å². The molecule has 3 nitrogen and oxygen atoms in total. The molecular formula is C10H15NO2. The van der Waals surface area contributed by atoms with Crippen molar-refractivity contribution >= 4 is 0 Å². The van der Waals surface area contributed by atoms with Gasteiger partial charge in [0, 0.05) is 19.9 Å². The van der Waals surface area contributed by atoms with Crippen LogP contribution in [0.3, 0.4) is 0 Å². The molecule has 0 heterocycles. The molecule has 0 bridgehead atoms. The second-order valence-electron chi connectivity index (χ2n) is 2.59. The zero-order chi connectivity index (χ0) is 10.1. The Morgan fingerprint density at radius 2 is 1.46 bits per heavy atom. The van der Waals surface area contributed by atoms with E-state index >= 15 is 0 Å². The minimum atomic E-state index is -0.583. The highest BCUT2D eigenvalue weighted by molar-refractivity contribution is 4.88. The minimum absolute atomic E-state index is 0.252. The van der Waals surface area contributed by atoms with Crippen LogP contribution >= 0.6 is 0 Å². The van der Waals surface area contributed by atoms with Crippen LogP contribution in [0.5, 0.6) is 0 Å². The van der Waals surface area contributed by atoms with Gasteiger partial charge in [0.2, 0.25) is 0 Å². The summed E-state index contributed by atoms with van der Waals surface area (Å²) < 4.78 is 10.0. The summed E-state index contributed by atoms with van der Waals surface area (Å²) in [6.45, 7) is 7.35. The Labute approximate surface area is 79.8 Å². The van der Waals surface area contributed by atoms with E-state index in [0.717, 1.165) is 0 Å². The molecule has 0 spiro atoms. The number of hydrogen-bond acceptors (Lipinski definition) is 3. The first-order valence-electron chi connectivity index (χ1n) is 4.11. The van der Waals surface area contributed by atoms with Gasteiger partial charge in [-0.05, 0) is 13.8 Å². The van der Waals surface area contributed by atoms with Crippen LogP contribution in [0.15, 0.2) is 0 Å². The lowest BCUT2D eigenvalue weighted by Gasteiger charge is -2.16. The highest BCUT2D eigenvalue weighted by Crippen LogP contribution is 1.91. The quantitative estimate of drug-likeness (QED) is 0.523. The van der Waals surface area contributed by atoms with E-state index in [1.54, 1.807) is 13.8 Å². The molecule has 0 saturated heterocycles. The van der Waals surface area contributed by atoms with Gasteiger partial charge in [-0.1, -0.05) is 11.8 Å². The van der Waals surface area contributed by atoms with Gasteiger partial charge in [-0.3, -0.25) is 0 Å².